The van der Waals surface area contributed by atoms with Gasteiger partial charge in [-0.3, -0.25) is 0 Å². The molecule has 0 bridgehead atoms. The summed E-state index contributed by atoms with van der Waals surface area (Å²) in [6.45, 7) is 0. The maximum absolute atomic E-state index is 4.51. The van der Waals surface area contributed by atoms with E-state index in [4.69, 9.17) is 0 Å². The Morgan fingerprint density at radius 3 is 3.00 bits per heavy atom. The predicted molar refractivity (Wildman–Crippen MR) is 75.1 cm³/mol. The molecule has 3 rings (SSSR count). The number of nitrogens with zero attached hydrogens (tertiary/aromatic N) is 4. The Morgan fingerprint density at radius 1 is 1.38 bits per heavy atom. The third kappa shape index (κ3) is 1.79. The van der Waals surface area contributed by atoms with Gasteiger partial charge in [0.2, 0.25) is 0 Å². The number of rotatable bonds is 2. The molecule has 0 atom stereocenters. The summed E-state index contributed by atoms with van der Waals surface area (Å²) in [4.78, 5) is 0. The van der Waals surface area contributed by atoms with Crippen LogP contribution in [0.2, 0.25) is 0 Å². The first-order chi connectivity index (χ1) is 7.83. The van der Waals surface area contributed by atoms with Gasteiger partial charge in [0.15, 0.2) is 0 Å². The summed E-state index contributed by atoms with van der Waals surface area (Å²) in [5.74, 6) is 0. The van der Waals surface area contributed by atoms with Gasteiger partial charge in [-0.25, -0.2) is 0 Å². The van der Waals surface area contributed by atoms with Crippen molar-refractivity contribution in [3.05, 3.63) is 12.3 Å². The first kappa shape index (κ1) is 11.6. The summed E-state index contributed by atoms with van der Waals surface area (Å²) in [6.07, 6.45) is 2.05. The van der Waals surface area contributed by atoms with Gasteiger partial charge in [0.25, 0.3) is 0 Å². The quantitative estimate of drug-likeness (QED) is 0.510. The third-order valence-electron chi connectivity index (χ3n) is 2.11. The molecule has 0 N–H and O–H groups in total. The second kappa shape index (κ2) is 4.65. The standard InChI is InChI=1S/C7H2Br2N4SSe2/c8-15-5-1-4-3(2-13(11-4)16-9)7-6(5)10-12-14-7/h1-2H. The minimum atomic E-state index is 0.177. The molecular formula is C7H2Br2N4SSe2. The van der Waals surface area contributed by atoms with E-state index in [1.54, 1.807) is 0 Å². The Balaban J connectivity index is 2.46. The first-order valence-electron chi connectivity index (χ1n) is 4.05. The number of halogens is 2. The molecule has 0 spiro atoms. The van der Waals surface area contributed by atoms with E-state index >= 15 is 0 Å². The normalized spacial score (nSPS) is 11.6. The van der Waals surface area contributed by atoms with Crippen LogP contribution in [0, 0.1) is 0 Å². The van der Waals surface area contributed by atoms with Gasteiger partial charge in [0.05, 0.1) is 0 Å². The molecule has 9 heteroatoms. The van der Waals surface area contributed by atoms with E-state index in [-0.39, 0.29) is 26.5 Å². The van der Waals surface area contributed by atoms with E-state index in [0.717, 1.165) is 21.1 Å². The summed E-state index contributed by atoms with van der Waals surface area (Å²) in [6, 6.07) is 2.10. The van der Waals surface area contributed by atoms with Crippen LogP contribution in [0.5, 0.6) is 0 Å². The minimum absolute atomic E-state index is 0.177. The molecule has 82 valence electrons. The van der Waals surface area contributed by atoms with Crippen LogP contribution in [0.1, 0.15) is 0 Å². The second-order valence-corrected chi connectivity index (χ2v) is 9.20. The number of fused-ring (bicyclic) bond motifs is 3. The topological polar surface area (TPSA) is 43.6 Å². The van der Waals surface area contributed by atoms with Crippen LogP contribution in [-0.4, -0.2) is 44.9 Å². The fraction of sp³-hybridized carbons (Fsp3) is 0. The SMILES string of the molecule is Br[Se]c1cc2nn([Se]Br)cc2c2snnc12. The molecule has 3 aromatic rings. The predicted octanol–water partition coefficient (Wildman–Crippen LogP) is 1.46. The maximum atomic E-state index is 4.51. The average molecular weight is 492 g/mol. The van der Waals surface area contributed by atoms with E-state index in [1.165, 1.54) is 16.0 Å². The van der Waals surface area contributed by atoms with Crippen molar-refractivity contribution in [2.24, 2.45) is 0 Å². The van der Waals surface area contributed by atoms with Gasteiger partial charge in [-0.2, -0.15) is 0 Å². The zero-order valence-corrected chi connectivity index (χ0v) is 14.8. The second-order valence-electron chi connectivity index (χ2n) is 2.94. The Bertz CT molecular complexity index is 667. The van der Waals surface area contributed by atoms with Gasteiger partial charge in [0.1, 0.15) is 0 Å². The molecule has 0 amide bonds. The van der Waals surface area contributed by atoms with Crippen LogP contribution in [-0.2, 0) is 0 Å². The average Bonchev–Trinajstić information content (AvgIpc) is 2.92. The van der Waals surface area contributed by atoms with Gasteiger partial charge in [-0.05, 0) is 0 Å². The number of benzene rings is 1. The molecular weight excluding hydrogens is 490 g/mol. The van der Waals surface area contributed by atoms with E-state index in [1.807, 2.05) is 3.70 Å². The molecule has 0 aliphatic rings. The molecule has 16 heavy (non-hydrogen) atoms. The number of aromatic nitrogens is 4. The molecule has 0 aliphatic carbocycles. The summed E-state index contributed by atoms with van der Waals surface area (Å²) < 4.78 is 8.31. The number of hydrogen-bond acceptors (Lipinski definition) is 4. The summed E-state index contributed by atoms with van der Waals surface area (Å²) in [5, 5.41) is 9.84. The molecule has 0 fully saturated rings. The zero-order valence-electron chi connectivity index (χ0n) is 7.42. The van der Waals surface area contributed by atoms with E-state index in [2.05, 4.69) is 55.2 Å². The third-order valence-corrected chi connectivity index (χ3v) is 7.91. The van der Waals surface area contributed by atoms with Gasteiger partial charge in [0, 0.05) is 0 Å². The van der Waals surface area contributed by atoms with Crippen LogP contribution < -0.4 is 4.46 Å². The fourth-order valence-corrected chi connectivity index (χ4v) is 5.69. The molecule has 4 nitrogen and oxygen atoms in total. The molecule has 0 unspecified atom stereocenters. The molecule has 1 aromatic carbocycles. The van der Waals surface area contributed by atoms with Crippen molar-refractivity contribution in [1.82, 2.24) is 18.4 Å². The van der Waals surface area contributed by atoms with Crippen molar-refractivity contribution in [3.63, 3.8) is 0 Å². The molecule has 0 saturated heterocycles. The van der Waals surface area contributed by atoms with Crippen LogP contribution >= 0.6 is 39.8 Å². The molecule has 0 radical (unpaired) electrons. The van der Waals surface area contributed by atoms with Crippen LogP contribution in [0.25, 0.3) is 21.1 Å². The Hall–Kier alpha value is 0.509. The Labute approximate surface area is 121 Å². The molecule has 0 saturated carbocycles. The number of hydrogen-bond donors (Lipinski definition) is 0. The molecule has 2 heterocycles. The zero-order chi connectivity index (χ0) is 11.1. The van der Waals surface area contributed by atoms with Crippen molar-refractivity contribution in [2.75, 3.05) is 0 Å². The van der Waals surface area contributed by atoms with Crippen molar-refractivity contribution < 1.29 is 0 Å². The van der Waals surface area contributed by atoms with Crippen molar-refractivity contribution >= 4 is 91.9 Å². The Morgan fingerprint density at radius 2 is 2.25 bits per heavy atom. The molecule has 2 aromatic heterocycles. The van der Waals surface area contributed by atoms with E-state index in [0.29, 0.717) is 0 Å². The van der Waals surface area contributed by atoms with Gasteiger partial charge in [-0.1, -0.05) is 0 Å². The van der Waals surface area contributed by atoms with Crippen molar-refractivity contribution in [1.29, 1.82) is 0 Å². The van der Waals surface area contributed by atoms with E-state index < -0.39 is 0 Å². The van der Waals surface area contributed by atoms with Crippen molar-refractivity contribution in [2.45, 2.75) is 0 Å². The van der Waals surface area contributed by atoms with Crippen LogP contribution in [0.3, 0.4) is 0 Å². The van der Waals surface area contributed by atoms with Gasteiger partial charge < -0.3 is 0 Å². The van der Waals surface area contributed by atoms with Gasteiger partial charge >= 0.3 is 122 Å². The summed E-state index contributed by atoms with van der Waals surface area (Å²) in [5.41, 5.74) is 2.03. The first-order valence-corrected chi connectivity index (χ1v) is 14.5. The Kier molecular flexibility index (Phi) is 3.37. The van der Waals surface area contributed by atoms with Crippen LogP contribution in [0.15, 0.2) is 12.3 Å². The van der Waals surface area contributed by atoms with Crippen molar-refractivity contribution in [3.8, 4) is 0 Å². The van der Waals surface area contributed by atoms with Crippen LogP contribution in [0.4, 0.5) is 0 Å². The fourth-order valence-electron chi connectivity index (χ4n) is 1.46. The summed E-state index contributed by atoms with van der Waals surface area (Å²) >= 11 is 8.84. The van der Waals surface area contributed by atoms with Gasteiger partial charge in [-0.15, -0.1) is 0 Å². The van der Waals surface area contributed by atoms with E-state index in [9.17, 15) is 0 Å². The molecule has 0 aliphatic heterocycles. The monoisotopic (exact) mass is 492 g/mol. The summed E-state index contributed by atoms with van der Waals surface area (Å²) in [7, 11) is 0.